The van der Waals surface area contributed by atoms with Gasteiger partial charge in [0.2, 0.25) is 5.91 Å². The zero-order chi connectivity index (χ0) is 17.0. The first-order chi connectivity index (χ1) is 10.9. The van der Waals surface area contributed by atoms with Crippen molar-refractivity contribution >= 4 is 23.4 Å². The van der Waals surface area contributed by atoms with Crippen LogP contribution in [0.15, 0.2) is 47.4 Å². The smallest absolute Gasteiger partial charge is 0.274 e. The molecule has 0 saturated carbocycles. The number of rotatable bonds is 6. The molecule has 0 saturated heterocycles. The Bertz CT molecular complexity index is 727. The minimum absolute atomic E-state index is 0.0763. The zero-order valence-corrected chi connectivity index (χ0v) is 13.8. The molecule has 1 amide bonds. The van der Waals surface area contributed by atoms with E-state index < -0.39 is 10.8 Å². The fraction of sp³-hybridized carbons (Fsp3) is 0.235. The monoisotopic (exact) mass is 330 g/mol. The molecule has 0 atom stereocenters. The molecular weight excluding hydrogens is 312 g/mol. The average Bonchev–Trinajstić information content (AvgIpc) is 2.52. The normalized spacial score (nSPS) is 10.7. The van der Waals surface area contributed by atoms with Crippen LogP contribution in [-0.4, -0.2) is 10.8 Å². The second-order valence-electron chi connectivity index (χ2n) is 5.48. The van der Waals surface area contributed by atoms with Gasteiger partial charge in [0.25, 0.3) is 5.69 Å². The Kier molecular flexibility index (Phi) is 5.39. The SMILES string of the molecule is CC(C)c1ccc(SCc2ccc(C(N)=O)cc2[N+](=O)[O-])cc1. The number of nitro benzene ring substituents is 1. The number of nitro groups is 1. The Morgan fingerprint density at radius 3 is 2.39 bits per heavy atom. The van der Waals surface area contributed by atoms with Crippen molar-refractivity contribution in [3.63, 3.8) is 0 Å². The van der Waals surface area contributed by atoms with E-state index in [0.717, 1.165) is 4.90 Å². The van der Waals surface area contributed by atoms with Crippen LogP contribution in [0.25, 0.3) is 0 Å². The van der Waals surface area contributed by atoms with Gasteiger partial charge in [0.15, 0.2) is 0 Å². The second kappa shape index (κ2) is 7.28. The van der Waals surface area contributed by atoms with Crippen LogP contribution < -0.4 is 5.73 Å². The Morgan fingerprint density at radius 1 is 1.22 bits per heavy atom. The highest BCUT2D eigenvalue weighted by Gasteiger charge is 2.16. The van der Waals surface area contributed by atoms with Crippen molar-refractivity contribution in [2.24, 2.45) is 5.73 Å². The van der Waals surface area contributed by atoms with E-state index in [2.05, 4.69) is 26.0 Å². The molecule has 0 bridgehead atoms. The van der Waals surface area contributed by atoms with Crippen LogP contribution in [0.5, 0.6) is 0 Å². The first-order valence-corrected chi connectivity index (χ1v) is 8.17. The zero-order valence-electron chi connectivity index (χ0n) is 13.0. The highest BCUT2D eigenvalue weighted by Crippen LogP contribution is 2.29. The molecule has 2 N–H and O–H groups in total. The molecule has 5 nitrogen and oxygen atoms in total. The number of amides is 1. The third kappa shape index (κ3) is 4.32. The minimum Gasteiger partial charge on any atom is -0.366 e. The van der Waals surface area contributed by atoms with Crippen molar-refractivity contribution in [1.29, 1.82) is 0 Å². The van der Waals surface area contributed by atoms with Crippen molar-refractivity contribution in [3.8, 4) is 0 Å². The molecule has 0 unspecified atom stereocenters. The Morgan fingerprint density at radius 2 is 1.87 bits per heavy atom. The minimum atomic E-state index is -0.670. The largest absolute Gasteiger partial charge is 0.366 e. The summed E-state index contributed by atoms with van der Waals surface area (Å²) in [6.45, 7) is 4.26. The van der Waals surface area contributed by atoms with Gasteiger partial charge in [0, 0.05) is 27.8 Å². The van der Waals surface area contributed by atoms with Crippen LogP contribution in [0.3, 0.4) is 0 Å². The molecule has 2 aromatic rings. The van der Waals surface area contributed by atoms with E-state index in [-0.39, 0.29) is 11.3 Å². The van der Waals surface area contributed by atoms with Crippen LogP contribution in [0.2, 0.25) is 0 Å². The number of thioether (sulfide) groups is 1. The summed E-state index contributed by atoms with van der Waals surface area (Å²) in [5, 5.41) is 11.2. The van der Waals surface area contributed by atoms with Crippen LogP contribution in [-0.2, 0) is 5.75 Å². The van der Waals surface area contributed by atoms with E-state index in [1.54, 1.807) is 6.07 Å². The maximum atomic E-state index is 11.2. The maximum Gasteiger partial charge on any atom is 0.274 e. The molecule has 2 rings (SSSR count). The summed E-state index contributed by atoms with van der Waals surface area (Å²) in [5.74, 6) is 0.254. The lowest BCUT2D eigenvalue weighted by molar-refractivity contribution is -0.385. The third-order valence-corrected chi connectivity index (χ3v) is 4.57. The van der Waals surface area contributed by atoms with E-state index in [1.807, 2.05) is 12.1 Å². The number of nitrogens with zero attached hydrogens (tertiary/aromatic N) is 1. The van der Waals surface area contributed by atoms with E-state index in [1.165, 1.54) is 29.5 Å². The van der Waals surface area contributed by atoms with Crippen molar-refractivity contribution in [1.82, 2.24) is 0 Å². The van der Waals surface area contributed by atoms with Gasteiger partial charge in [0.1, 0.15) is 0 Å². The number of primary amides is 1. The molecule has 0 fully saturated rings. The number of nitrogens with two attached hydrogens (primary N) is 1. The first kappa shape index (κ1) is 17.0. The van der Waals surface area contributed by atoms with Gasteiger partial charge >= 0.3 is 0 Å². The van der Waals surface area contributed by atoms with Gasteiger partial charge in [-0.15, -0.1) is 11.8 Å². The van der Waals surface area contributed by atoms with Crippen LogP contribution in [0, 0.1) is 10.1 Å². The van der Waals surface area contributed by atoms with Crippen LogP contribution in [0.4, 0.5) is 5.69 Å². The lowest BCUT2D eigenvalue weighted by Crippen LogP contribution is -2.11. The average molecular weight is 330 g/mol. The molecule has 0 aliphatic carbocycles. The number of carbonyl (C=O) groups is 1. The van der Waals surface area contributed by atoms with Crippen molar-refractivity contribution < 1.29 is 9.72 Å². The van der Waals surface area contributed by atoms with Gasteiger partial charge in [0.05, 0.1) is 4.92 Å². The van der Waals surface area contributed by atoms with Crippen molar-refractivity contribution in [2.45, 2.75) is 30.4 Å². The summed E-state index contributed by atoms with van der Waals surface area (Å²) < 4.78 is 0. The summed E-state index contributed by atoms with van der Waals surface area (Å²) >= 11 is 1.52. The topological polar surface area (TPSA) is 86.2 Å². The number of hydrogen-bond acceptors (Lipinski definition) is 4. The van der Waals surface area contributed by atoms with Gasteiger partial charge in [-0.1, -0.05) is 32.0 Å². The first-order valence-electron chi connectivity index (χ1n) is 7.18. The fourth-order valence-electron chi connectivity index (χ4n) is 2.12. The Labute approximate surface area is 139 Å². The lowest BCUT2D eigenvalue weighted by atomic mass is 10.0. The van der Waals surface area contributed by atoms with E-state index in [0.29, 0.717) is 17.2 Å². The molecule has 6 heteroatoms. The van der Waals surface area contributed by atoms with Gasteiger partial charge in [-0.3, -0.25) is 14.9 Å². The number of benzene rings is 2. The van der Waals surface area contributed by atoms with Gasteiger partial charge in [-0.2, -0.15) is 0 Å². The molecule has 23 heavy (non-hydrogen) atoms. The molecule has 0 aromatic heterocycles. The van der Waals surface area contributed by atoms with Gasteiger partial charge in [-0.25, -0.2) is 0 Å². The van der Waals surface area contributed by atoms with Crippen LogP contribution in [0.1, 0.15) is 41.3 Å². The highest BCUT2D eigenvalue weighted by atomic mass is 32.2. The van der Waals surface area contributed by atoms with E-state index in [4.69, 9.17) is 5.73 Å². The third-order valence-electron chi connectivity index (χ3n) is 3.51. The van der Waals surface area contributed by atoms with Crippen molar-refractivity contribution in [3.05, 3.63) is 69.3 Å². The summed E-state index contributed by atoms with van der Waals surface area (Å²) in [5.41, 5.74) is 7.06. The molecule has 0 heterocycles. The lowest BCUT2D eigenvalue weighted by Gasteiger charge is -2.07. The van der Waals surface area contributed by atoms with E-state index >= 15 is 0 Å². The summed E-state index contributed by atoms with van der Waals surface area (Å²) in [6.07, 6.45) is 0. The predicted octanol–water partition coefficient (Wildman–Crippen LogP) is 4.11. The fourth-order valence-corrected chi connectivity index (χ4v) is 3.01. The highest BCUT2D eigenvalue weighted by molar-refractivity contribution is 7.98. The number of hydrogen-bond donors (Lipinski definition) is 1. The Balaban J connectivity index is 2.16. The predicted molar refractivity (Wildman–Crippen MR) is 91.7 cm³/mol. The summed E-state index contributed by atoms with van der Waals surface area (Å²) in [4.78, 5) is 22.9. The Hall–Kier alpha value is -2.34. The maximum absolute atomic E-state index is 11.2. The van der Waals surface area contributed by atoms with Crippen LogP contribution >= 0.6 is 11.8 Å². The van der Waals surface area contributed by atoms with Gasteiger partial charge in [-0.05, 0) is 29.7 Å². The molecule has 120 valence electrons. The van der Waals surface area contributed by atoms with Gasteiger partial charge < -0.3 is 5.73 Å². The molecule has 0 spiro atoms. The molecule has 2 aromatic carbocycles. The molecule has 0 aliphatic heterocycles. The molecule has 0 aliphatic rings. The quantitative estimate of drug-likeness (QED) is 0.490. The molecular formula is C17H18N2O3S. The summed E-state index contributed by atoms with van der Waals surface area (Å²) in [7, 11) is 0. The number of carbonyl (C=O) groups excluding carboxylic acids is 1. The van der Waals surface area contributed by atoms with E-state index in [9.17, 15) is 14.9 Å². The second-order valence-corrected chi connectivity index (χ2v) is 6.53. The van der Waals surface area contributed by atoms with Crippen molar-refractivity contribution in [2.75, 3.05) is 0 Å². The molecule has 0 radical (unpaired) electrons. The standard InChI is InChI=1S/C17H18N2O3S/c1-11(2)12-5-7-15(8-6-12)23-10-14-4-3-13(17(18)20)9-16(14)19(21)22/h3-9,11H,10H2,1-2H3,(H2,18,20). The summed E-state index contributed by atoms with van der Waals surface area (Å²) in [6, 6.07) is 12.5.